The van der Waals surface area contributed by atoms with Crippen molar-refractivity contribution in [1.29, 1.82) is 0 Å². The standard InChI is InChI=1S/C15H12ClN3OS/c1-9-10(2)21-14-13(9)15(20)19(8-17-14)18-7-11-3-5-12(16)6-4-11/h3-8H,1-2H3. The summed E-state index contributed by atoms with van der Waals surface area (Å²) in [4.78, 5) is 18.6. The third-order valence-electron chi connectivity index (χ3n) is 3.27. The topological polar surface area (TPSA) is 47.2 Å². The van der Waals surface area contributed by atoms with Crippen molar-refractivity contribution in [1.82, 2.24) is 9.66 Å². The highest BCUT2D eigenvalue weighted by Crippen LogP contribution is 2.25. The highest BCUT2D eigenvalue weighted by Gasteiger charge is 2.11. The van der Waals surface area contributed by atoms with Crippen LogP contribution >= 0.6 is 22.9 Å². The molecule has 21 heavy (non-hydrogen) atoms. The number of rotatable bonds is 2. The van der Waals surface area contributed by atoms with Gasteiger partial charge in [-0.25, -0.2) is 4.98 Å². The summed E-state index contributed by atoms with van der Waals surface area (Å²) in [7, 11) is 0. The molecule has 106 valence electrons. The Labute approximate surface area is 130 Å². The maximum absolute atomic E-state index is 12.4. The monoisotopic (exact) mass is 317 g/mol. The number of nitrogens with zero attached hydrogens (tertiary/aromatic N) is 3. The first-order valence-corrected chi connectivity index (χ1v) is 7.53. The molecule has 0 aliphatic carbocycles. The van der Waals surface area contributed by atoms with E-state index in [1.54, 1.807) is 18.3 Å². The van der Waals surface area contributed by atoms with Gasteiger partial charge in [0, 0.05) is 9.90 Å². The maximum atomic E-state index is 12.4. The van der Waals surface area contributed by atoms with Crippen molar-refractivity contribution in [3.63, 3.8) is 0 Å². The van der Waals surface area contributed by atoms with Gasteiger partial charge in [-0.2, -0.15) is 9.78 Å². The van der Waals surface area contributed by atoms with Gasteiger partial charge >= 0.3 is 0 Å². The molecule has 0 unspecified atom stereocenters. The lowest BCUT2D eigenvalue weighted by atomic mass is 10.2. The van der Waals surface area contributed by atoms with Crippen molar-refractivity contribution < 1.29 is 0 Å². The molecule has 2 heterocycles. The number of thiophene rings is 1. The molecule has 0 N–H and O–H groups in total. The summed E-state index contributed by atoms with van der Waals surface area (Å²) < 4.78 is 1.26. The second-order valence-corrected chi connectivity index (χ2v) is 6.29. The minimum atomic E-state index is -0.146. The molecule has 0 fully saturated rings. The van der Waals surface area contributed by atoms with Crippen LogP contribution in [-0.2, 0) is 0 Å². The van der Waals surface area contributed by atoms with Gasteiger partial charge in [0.25, 0.3) is 5.56 Å². The van der Waals surface area contributed by atoms with Gasteiger partial charge in [0.15, 0.2) is 0 Å². The van der Waals surface area contributed by atoms with Crippen LogP contribution in [0.2, 0.25) is 5.02 Å². The minimum Gasteiger partial charge on any atom is -0.267 e. The Hall–Kier alpha value is -1.98. The molecule has 0 aliphatic rings. The van der Waals surface area contributed by atoms with Crippen molar-refractivity contribution in [3.05, 3.63) is 62.0 Å². The predicted octanol–water partition coefficient (Wildman–Crippen LogP) is 3.61. The van der Waals surface area contributed by atoms with Gasteiger partial charge in [-0.3, -0.25) is 4.79 Å². The summed E-state index contributed by atoms with van der Waals surface area (Å²) >= 11 is 7.36. The molecule has 6 heteroatoms. The van der Waals surface area contributed by atoms with Crippen LogP contribution in [0.15, 0.2) is 40.5 Å². The van der Waals surface area contributed by atoms with Crippen molar-refractivity contribution >= 4 is 39.4 Å². The molecule has 0 saturated carbocycles. The van der Waals surface area contributed by atoms with E-state index in [1.165, 1.54) is 22.3 Å². The third kappa shape index (κ3) is 2.62. The molecule has 0 radical (unpaired) electrons. The zero-order valence-electron chi connectivity index (χ0n) is 11.5. The number of aryl methyl sites for hydroxylation is 2. The Bertz CT molecular complexity index is 894. The van der Waals surface area contributed by atoms with E-state index in [0.717, 1.165) is 20.8 Å². The summed E-state index contributed by atoms with van der Waals surface area (Å²) in [6, 6.07) is 7.23. The molecule has 0 spiro atoms. The molecule has 3 rings (SSSR count). The van der Waals surface area contributed by atoms with Crippen LogP contribution < -0.4 is 5.56 Å². The van der Waals surface area contributed by atoms with E-state index in [9.17, 15) is 4.79 Å². The van der Waals surface area contributed by atoms with Crippen molar-refractivity contribution in [3.8, 4) is 0 Å². The number of benzene rings is 1. The molecule has 0 atom stereocenters. The Morgan fingerprint density at radius 3 is 2.71 bits per heavy atom. The smallest absolute Gasteiger partial charge is 0.267 e. The van der Waals surface area contributed by atoms with Crippen molar-refractivity contribution in [2.24, 2.45) is 5.10 Å². The zero-order chi connectivity index (χ0) is 15.0. The SMILES string of the molecule is Cc1sc2ncn(N=Cc3ccc(Cl)cc3)c(=O)c2c1C. The Balaban J connectivity index is 2.05. The largest absolute Gasteiger partial charge is 0.282 e. The van der Waals surface area contributed by atoms with Gasteiger partial charge in [-0.1, -0.05) is 23.7 Å². The summed E-state index contributed by atoms with van der Waals surface area (Å²) in [5.74, 6) is 0. The fourth-order valence-corrected chi connectivity index (χ4v) is 3.10. The molecule has 1 aromatic carbocycles. The number of fused-ring (bicyclic) bond motifs is 1. The molecule has 4 nitrogen and oxygen atoms in total. The van der Waals surface area contributed by atoms with Crippen molar-refractivity contribution in [2.45, 2.75) is 13.8 Å². The molecular formula is C15H12ClN3OS. The molecular weight excluding hydrogens is 306 g/mol. The highest BCUT2D eigenvalue weighted by atomic mass is 35.5. The third-order valence-corrected chi connectivity index (χ3v) is 4.64. The first-order chi connectivity index (χ1) is 10.1. The van der Waals surface area contributed by atoms with E-state index in [4.69, 9.17) is 11.6 Å². The summed E-state index contributed by atoms with van der Waals surface area (Å²) in [6.45, 7) is 3.92. The van der Waals surface area contributed by atoms with Gasteiger partial charge in [0.05, 0.1) is 11.6 Å². The van der Waals surface area contributed by atoms with Crippen LogP contribution in [-0.4, -0.2) is 15.9 Å². The van der Waals surface area contributed by atoms with Gasteiger partial charge in [0.2, 0.25) is 0 Å². The van der Waals surface area contributed by atoms with Crippen LogP contribution in [0, 0.1) is 13.8 Å². The zero-order valence-corrected chi connectivity index (χ0v) is 13.1. The van der Waals surface area contributed by atoms with Gasteiger partial charge in [-0.05, 0) is 37.1 Å². The van der Waals surface area contributed by atoms with E-state index in [2.05, 4.69) is 10.1 Å². The van der Waals surface area contributed by atoms with Gasteiger partial charge in [-0.15, -0.1) is 11.3 Å². The number of hydrogen-bond acceptors (Lipinski definition) is 4. The molecule has 0 saturated heterocycles. The van der Waals surface area contributed by atoms with Gasteiger partial charge < -0.3 is 0 Å². The lowest BCUT2D eigenvalue weighted by Gasteiger charge is -1.98. The van der Waals surface area contributed by atoms with Crippen LogP contribution in [0.3, 0.4) is 0 Å². The fraction of sp³-hybridized carbons (Fsp3) is 0.133. The average molecular weight is 318 g/mol. The van der Waals surface area contributed by atoms with Crippen LogP contribution in [0.1, 0.15) is 16.0 Å². The lowest BCUT2D eigenvalue weighted by Crippen LogP contribution is -2.16. The van der Waals surface area contributed by atoms with Crippen LogP contribution in [0.4, 0.5) is 0 Å². The normalized spacial score (nSPS) is 11.6. The highest BCUT2D eigenvalue weighted by molar-refractivity contribution is 7.18. The van der Waals surface area contributed by atoms with Gasteiger partial charge in [0.1, 0.15) is 11.2 Å². The lowest BCUT2D eigenvalue weighted by molar-refractivity contribution is 0.818. The summed E-state index contributed by atoms with van der Waals surface area (Å²) in [6.07, 6.45) is 3.06. The number of aromatic nitrogens is 2. The second kappa shape index (κ2) is 5.42. The molecule has 0 amide bonds. The first-order valence-electron chi connectivity index (χ1n) is 6.33. The number of hydrogen-bond donors (Lipinski definition) is 0. The Kier molecular flexibility index (Phi) is 3.61. The second-order valence-electron chi connectivity index (χ2n) is 4.65. The molecule has 3 aromatic rings. The summed E-state index contributed by atoms with van der Waals surface area (Å²) in [5.41, 5.74) is 1.69. The fourth-order valence-electron chi connectivity index (χ4n) is 1.99. The summed E-state index contributed by atoms with van der Waals surface area (Å²) in [5, 5.41) is 5.49. The van der Waals surface area contributed by atoms with E-state index in [0.29, 0.717) is 10.4 Å². The average Bonchev–Trinajstić information content (AvgIpc) is 2.76. The van der Waals surface area contributed by atoms with Crippen LogP contribution in [0.5, 0.6) is 0 Å². The minimum absolute atomic E-state index is 0.146. The first kappa shape index (κ1) is 14.0. The van der Waals surface area contributed by atoms with E-state index in [1.807, 2.05) is 26.0 Å². The Morgan fingerprint density at radius 1 is 1.29 bits per heavy atom. The maximum Gasteiger partial charge on any atom is 0.282 e. The van der Waals surface area contributed by atoms with Crippen LogP contribution in [0.25, 0.3) is 10.2 Å². The molecule has 2 aromatic heterocycles. The quantitative estimate of drug-likeness (QED) is 0.678. The molecule has 0 aliphatic heterocycles. The van der Waals surface area contributed by atoms with E-state index in [-0.39, 0.29) is 5.56 Å². The molecule has 0 bridgehead atoms. The predicted molar refractivity (Wildman–Crippen MR) is 87.8 cm³/mol. The number of halogens is 1. The Morgan fingerprint density at radius 2 is 2.00 bits per heavy atom. The van der Waals surface area contributed by atoms with E-state index >= 15 is 0 Å². The van der Waals surface area contributed by atoms with E-state index < -0.39 is 0 Å². The van der Waals surface area contributed by atoms with Crippen molar-refractivity contribution in [2.75, 3.05) is 0 Å².